The van der Waals surface area contributed by atoms with Gasteiger partial charge in [-0.1, -0.05) is 0 Å². The van der Waals surface area contributed by atoms with Crippen molar-refractivity contribution in [3.05, 3.63) is 22.8 Å². The molecule has 3 aliphatic rings. The molecule has 0 unspecified atom stereocenters. The Balaban J connectivity index is 1.73. The van der Waals surface area contributed by atoms with Gasteiger partial charge in [0.1, 0.15) is 12.4 Å². The van der Waals surface area contributed by atoms with E-state index in [1.807, 2.05) is 5.01 Å². The van der Waals surface area contributed by atoms with Crippen molar-refractivity contribution in [1.29, 1.82) is 0 Å². The van der Waals surface area contributed by atoms with Crippen molar-refractivity contribution in [2.45, 2.75) is 38.0 Å². The van der Waals surface area contributed by atoms with Crippen LogP contribution >= 0.6 is 0 Å². The lowest BCUT2D eigenvalue weighted by Crippen LogP contribution is -2.35. The van der Waals surface area contributed by atoms with Gasteiger partial charge in [-0.15, -0.1) is 0 Å². The Bertz CT molecular complexity index is 601. The fraction of sp³-hybridized carbons (Fsp3) is 0.684. The van der Waals surface area contributed by atoms with Crippen LogP contribution in [0.3, 0.4) is 0 Å². The van der Waals surface area contributed by atoms with E-state index in [0.717, 1.165) is 70.3 Å². The summed E-state index contributed by atoms with van der Waals surface area (Å²) in [6, 6.07) is 2.30. The first-order valence-electron chi connectivity index (χ1n) is 9.33. The number of anilines is 1. The number of nitrogens with two attached hydrogens (primary N) is 1. The van der Waals surface area contributed by atoms with E-state index in [-0.39, 0.29) is 0 Å². The van der Waals surface area contributed by atoms with Gasteiger partial charge < -0.3 is 14.4 Å². The molecule has 0 atom stereocenters. The maximum atomic E-state index is 6.10. The summed E-state index contributed by atoms with van der Waals surface area (Å²) in [6.07, 6.45) is 5.80. The lowest BCUT2D eigenvalue weighted by molar-refractivity contribution is 0.195. The third-order valence-electron chi connectivity index (χ3n) is 5.52. The Hall–Kier alpha value is -1.30. The Morgan fingerprint density at radius 2 is 2.08 bits per heavy atom. The standard InChI is InChI=1S/C19H29N3O2/c1-23-11-2-7-21-10-12-24-17-13-15-5-8-22(20)9-6-16(15)18(19(17)21)14-3-4-14/h13-14H,2-12,20H2,1H3. The van der Waals surface area contributed by atoms with Crippen molar-refractivity contribution in [2.75, 3.05) is 51.4 Å². The maximum Gasteiger partial charge on any atom is 0.143 e. The highest BCUT2D eigenvalue weighted by atomic mass is 16.5. The number of fused-ring (bicyclic) bond motifs is 2. The molecule has 5 heteroatoms. The lowest BCUT2D eigenvalue weighted by Gasteiger charge is -2.35. The molecule has 2 heterocycles. The van der Waals surface area contributed by atoms with Crippen LogP contribution in [-0.4, -0.2) is 51.5 Å². The normalized spacial score (nSPS) is 21.0. The second kappa shape index (κ2) is 6.90. The van der Waals surface area contributed by atoms with E-state index in [1.54, 1.807) is 18.2 Å². The Morgan fingerprint density at radius 1 is 1.25 bits per heavy atom. The molecule has 4 rings (SSSR count). The third-order valence-corrected chi connectivity index (χ3v) is 5.52. The number of ether oxygens (including phenoxy) is 2. The summed E-state index contributed by atoms with van der Waals surface area (Å²) in [6.45, 7) is 5.53. The predicted octanol–water partition coefficient (Wildman–Crippen LogP) is 2.07. The molecule has 0 saturated heterocycles. The van der Waals surface area contributed by atoms with Crippen LogP contribution in [0.4, 0.5) is 5.69 Å². The summed E-state index contributed by atoms with van der Waals surface area (Å²) in [4.78, 5) is 2.54. The topological polar surface area (TPSA) is 51.0 Å². The zero-order valence-electron chi connectivity index (χ0n) is 14.7. The van der Waals surface area contributed by atoms with Crippen molar-refractivity contribution in [3.63, 3.8) is 0 Å². The predicted molar refractivity (Wildman–Crippen MR) is 95.8 cm³/mol. The van der Waals surface area contributed by atoms with Gasteiger partial charge in [0.2, 0.25) is 0 Å². The van der Waals surface area contributed by atoms with Gasteiger partial charge in [0.25, 0.3) is 0 Å². The minimum atomic E-state index is 0.727. The number of nitrogens with zero attached hydrogens (tertiary/aromatic N) is 2. The van der Waals surface area contributed by atoms with Crippen LogP contribution in [0.15, 0.2) is 6.07 Å². The highest BCUT2D eigenvalue weighted by molar-refractivity contribution is 5.71. The van der Waals surface area contributed by atoms with E-state index < -0.39 is 0 Å². The summed E-state index contributed by atoms with van der Waals surface area (Å²) in [7, 11) is 1.78. The molecule has 0 bridgehead atoms. The molecule has 0 aromatic heterocycles. The monoisotopic (exact) mass is 331 g/mol. The maximum absolute atomic E-state index is 6.10. The van der Waals surface area contributed by atoms with Crippen molar-refractivity contribution < 1.29 is 9.47 Å². The Morgan fingerprint density at radius 3 is 2.88 bits per heavy atom. The van der Waals surface area contributed by atoms with Crippen LogP contribution in [0.1, 0.15) is 41.9 Å². The van der Waals surface area contributed by atoms with E-state index >= 15 is 0 Å². The van der Waals surface area contributed by atoms with Gasteiger partial charge >= 0.3 is 0 Å². The van der Waals surface area contributed by atoms with E-state index in [9.17, 15) is 0 Å². The van der Waals surface area contributed by atoms with Gasteiger partial charge in [0.05, 0.1) is 12.2 Å². The van der Waals surface area contributed by atoms with E-state index in [0.29, 0.717) is 0 Å². The molecule has 5 nitrogen and oxygen atoms in total. The molecule has 132 valence electrons. The quantitative estimate of drug-likeness (QED) is 0.661. The van der Waals surface area contributed by atoms with Gasteiger partial charge in [0, 0.05) is 33.4 Å². The Kier molecular flexibility index (Phi) is 4.66. The number of hydrogen-bond acceptors (Lipinski definition) is 5. The molecule has 0 radical (unpaired) electrons. The number of methoxy groups -OCH3 is 1. The van der Waals surface area contributed by atoms with Crippen LogP contribution in [0.2, 0.25) is 0 Å². The molecular weight excluding hydrogens is 302 g/mol. The lowest BCUT2D eigenvalue weighted by atomic mass is 9.91. The minimum absolute atomic E-state index is 0.727. The van der Waals surface area contributed by atoms with Gasteiger partial charge in [-0.25, -0.2) is 5.01 Å². The summed E-state index contributed by atoms with van der Waals surface area (Å²) in [5.41, 5.74) is 5.98. The molecule has 1 saturated carbocycles. The van der Waals surface area contributed by atoms with Crippen molar-refractivity contribution in [3.8, 4) is 5.75 Å². The zero-order chi connectivity index (χ0) is 16.5. The number of hydrogen-bond donors (Lipinski definition) is 1. The third kappa shape index (κ3) is 3.13. The van der Waals surface area contributed by atoms with E-state index in [2.05, 4.69) is 11.0 Å². The van der Waals surface area contributed by atoms with E-state index in [4.69, 9.17) is 15.3 Å². The average molecular weight is 331 g/mol. The van der Waals surface area contributed by atoms with Gasteiger partial charge in [-0.05, 0) is 60.8 Å². The second-order valence-corrected chi connectivity index (χ2v) is 7.27. The highest BCUT2D eigenvalue weighted by Gasteiger charge is 2.35. The summed E-state index contributed by atoms with van der Waals surface area (Å²) in [5, 5.41) is 1.97. The molecule has 1 fully saturated rings. The number of rotatable bonds is 5. The molecule has 1 aliphatic carbocycles. The number of hydrazine groups is 1. The van der Waals surface area contributed by atoms with Crippen LogP contribution in [0, 0.1) is 0 Å². The Labute approximate surface area is 144 Å². The smallest absolute Gasteiger partial charge is 0.143 e. The van der Waals surface area contributed by atoms with Crippen molar-refractivity contribution >= 4 is 5.69 Å². The molecule has 2 aliphatic heterocycles. The number of benzene rings is 1. The minimum Gasteiger partial charge on any atom is -0.490 e. The molecule has 2 N–H and O–H groups in total. The summed E-state index contributed by atoms with van der Waals surface area (Å²) >= 11 is 0. The van der Waals surface area contributed by atoms with E-state index in [1.165, 1.54) is 24.1 Å². The zero-order valence-corrected chi connectivity index (χ0v) is 14.7. The van der Waals surface area contributed by atoms with Gasteiger partial charge in [0.15, 0.2) is 0 Å². The molecule has 0 amide bonds. The molecule has 1 aromatic carbocycles. The fourth-order valence-electron chi connectivity index (χ4n) is 4.16. The van der Waals surface area contributed by atoms with Crippen LogP contribution in [0.5, 0.6) is 5.75 Å². The first kappa shape index (κ1) is 16.2. The molecule has 24 heavy (non-hydrogen) atoms. The van der Waals surface area contributed by atoms with Crippen LogP contribution in [0.25, 0.3) is 0 Å². The second-order valence-electron chi connectivity index (χ2n) is 7.27. The first-order chi connectivity index (χ1) is 11.8. The van der Waals surface area contributed by atoms with Gasteiger partial charge in [-0.2, -0.15) is 0 Å². The molecule has 1 aromatic rings. The highest BCUT2D eigenvalue weighted by Crippen LogP contribution is 2.51. The molecule has 0 spiro atoms. The summed E-state index contributed by atoms with van der Waals surface area (Å²) in [5.74, 6) is 7.92. The first-order valence-corrected chi connectivity index (χ1v) is 9.33. The summed E-state index contributed by atoms with van der Waals surface area (Å²) < 4.78 is 11.3. The van der Waals surface area contributed by atoms with Crippen molar-refractivity contribution in [1.82, 2.24) is 5.01 Å². The van der Waals surface area contributed by atoms with Crippen molar-refractivity contribution in [2.24, 2.45) is 5.84 Å². The average Bonchev–Trinajstić information content (AvgIpc) is 3.42. The fourth-order valence-corrected chi connectivity index (χ4v) is 4.16. The SMILES string of the molecule is COCCCN1CCOc2cc3c(c(C4CC4)c21)CCN(N)CC3. The largest absolute Gasteiger partial charge is 0.490 e. The van der Waals surface area contributed by atoms with Crippen LogP contribution in [-0.2, 0) is 17.6 Å². The molecular formula is C19H29N3O2. The van der Waals surface area contributed by atoms with Crippen LogP contribution < -0.4 is 15.5 Å². The van der Waals surface area contributed by atoms with Gasteiger partial charge in [-0.3, -0.25) is 5.84 Å².